The molecule has 0 aromatic rings. The molecule has 0 radical (unpaired) electrons. The summed E-state index contributed by atoms with van der Waals surface area (Å²) in [5.74, 6) is -1.65. The number of hydrogen-bond acceptors (Lipinski definition) is 6. The fourth-order valence-electron chi connectivity index (χ4n) is 6.69. The van der Waals surface area contributed by atoms with Gasteiger partial charge in [-0.15, -0.1) is 6.58 Å². The average molecular weight is 589 g/mol. The van der Waals surface area contributed by atoms with Crippen LogP contribution in [0.25, 0.3) is 0 Å². The van der Waals surface area contributed by atoms with Gasteiger partial charge in [-0.05, 0) is 68.6 Å². The number of ether oxygens (including phenoxy) is 1. The van der Waals surface area contributed by atoms with Crippen molar-refractivity contribution in [2.75, 3.05) is 13.1 Å². The highest BCUT2D eigenvalue weighted by atomic mass is 16.6. The van der Waals surface area contributed by atoms with Gasteiger partial charge in [0.05, 0.1) is 6.04 Å². The molecule has 0 aromatic carbocycles. The predicted molar refractivity (Wildman–Crippen MR) is 160 cm³/mol. The Bertz CT molecular complexity index is 978. The molecule has 10 nitrogen and oxygen atoms in total. The first-order chi connectivity index (χ1) is 20.1. The van der Waals surface area contributed by atoms with Crippen molar-refractivity contribution in [1.29, 1.82) is 0 Å². The number of carbonyl (C=O) groups is 5. The maximum Gasteiger partial charge on any atom is 0.408 e. The van der Waals surface area contributed by atoms with Crippen LogP contribution in [0.4, 0.5) is 4.79 Å². The monoisotopic (exact) mass is 588 g/mol. The minimum absolute atomic E-state index is 0.0374. The second-order valence-electron chi connectivity index (χ2n) is 12.8. The van der Waals surface area contributed by atoms with Gasteiger partial charge in [0, 0.05) is 13.1 Å². The van der Waals surface area contributed by atoms with Crippen LogP contribution >= 0.6 is 0 Å². The summed E-state index contributed by atoms with van der Waals surface area (Å²) in [6.45, 7) is 12.2. The zero-order valence-corrected chi connectivity index (χ0v) is 26.0. The lowest BCUT2D eigenvalue weighted by molar-refractivity contribution is -0.143. The van der Waals surface area contributed by atoms with Crippen molar-refractivity contribution in [2.24, 2.45) is 23.7 Å². The Morgan fingerprint density at radius 3 is 2.29 bits per heavy atom. The molecule has 236 valence electrons. The smallest absolute Gasteiger partial charge is 0.408 e. The predicted octanol–water partition coefficient (Wildman–Crippen LogP) is 3.88. The number of rotatable bonds is 13. The first-order valence-corrected chi connectivity index (χ1v) is 16.1. The molecule has 0 spiro atoms. The second kappa shape index (κ2) is 16.1. The minimum atomic E-state index is -0.988. The largest absolute Gasteiger partial charge is 0.446 e. The molecule has 3 aliphatic rings. The van der Waals surface area contributed by atoms with Crippen LogP contribution in [0.1, 0.15) is 98.3 Å². The number of hydrogen-bond donors (Lipinski definition) is 3. The molecule has 0 bridgehead atoms. The Hall–Kier alpha value is -2.91. The molecule has 1 saturated heterocycles. The van der Waals surface area contributed by atoms with Gasteiger partial charge in [-0.25, -0.2) is 4.79 Å². The lowest BCUT2D eigenvalue weighted by Crippen LogP contribution is -2.58. The van der Waals surface area contributed by atoms with Crippen molar-refractivity contribution in [1.82, 2.24) is 20.9 Å². The zero-order chi connectivity index (χ0) is 30.8. The van der Waals surface area contributed by atoms with Gasteiger partial charge >= 0.3 is 6.09 Å². The lowest BCUT2D eigenvalue weighted by atomic mass is 9.83. The van der Waals surface area contributed by atoms with Gasteiger partial charge < -0.3 is 25.6 Å². The first kappa shape index (κ1) is 33.6. The van der Waals surface area contributed by atoms with Crippen LogP contribution in [-0.2, 0) is 23.9 Å². The topological polar surface area (TPSA) is 134 Å². The fourth-order valence-corrected chi connectivity index (χ4v) is 6.69. The summed E-state index contributed by atoms with van der Waals surface area (Å²) in [5, 5.41) is 8.21. The molecular formula is C32H52N4O6. The molecule has 1 aliphatic heterocycles. The number of ketones is 1. The van der Waals surface area contributed by atoms with E-state index in [2.05, 4.69) is 43.3 Å². The Morgan fingerprint density at radius 1 is 0.976 bits per heavy atom. The van der Waals surface area contributed by atoms with Gasteiger partial charge in [0.25, 0.3) is 5.91 Å². The summed E-state index contributed by atoms with van der Waals surface area (Å²) in [4.78, 5) is 67.9. The van der Waals surface area contributed by atoms with E-state index in [-0.39, 0.29) is 42.2 Å². The molecule has 2 aliphatic carbocycles. The van der Waals surface area contributed by atoms with Crippen LogP contribution < -0.4 is 16.0 Å². The third kappa shape index (κ3) is 8.80. The Kier molecular flexibility index (Phi) is 12.9. The summed E-state index contributed by atoms with van der Waals surface area (Å²) < 4.78 is 5.77. The number of nitrogens with one attached hydrogen (secondary N) is 3. The van der Waals surface area contributed by atoms with E-state index in [1.54, 1.807) is 4.90 Å². The lowest BCUT2D eigenvalue weighted by Gasteiger charge is -2.35. The fraction of sp³-hybridized carbons (Fsp3) is 0.781. The first-order valence-electron chi connectivity index (χ1n) is 16.1. The Labute approximate surface area is 251 Å². The van der Waals surface area contributed by atoms with Crippen LogP contribution in [0.2, 0.25) is 0 Å². The minimum Gasteiger partial charge on any atom is -0.446 e. The van der Waals surface area contributed by atoms with Gasteiger partial charge in [0.1, 0.15) is 18.2 Å². The molecule has 3 fully saturated rings. The van der Waals surface area contributed by atoms with Crippen molar-refractivity contribution in [3.05, 3.63) is 12.7 Å². The molecule has 42 heavy (non-hydrogen) atoms. The third-order valence-corrected chi connectivity index (χ3v) is 9.40. The summed E-state index contributed by atoms with van der Waals surface area (Å²) >= 11 is 0. The number of Topliss-reactive ketones (excluding diaryl/α,β-unsaturated/α-hetero) is 1. The average Bonchev–Trinajstić information content (AvgIpc) is 3.60. The molecule has 4 amide bonds. The molecule has 6 atom stereocenters. The third-order valence-electron chi connectivity index (χ3n) is 9.40. The van der Waals surface area contributed by atoms with E-state index in [1.807, 2.05) is 6.92 Å². The van der Waals surface area contributed by atoms with E-state index < -0.39 is 41.8 Å². The molecule has 1 heterocycles. The Balaban J connectivity index is 1.80. The molecule has 3 unspecified atom stereocenters. The van der Waals surface area contributed by atoms with Gasteiger partial charge in [0.2, 0.25) is 17.6 Å². The van der Waals surface area contributed by atoms with Gasteiger partial charge in [-0.1, -0.05) is 59.5 Å². The van der Waals surface area contributed by atoms with Gasteiger partial charge in [-0.3, -0.25) is 19.2 Å². The zero-order valence-electron chi connectivity index (χ0n) is 26.0. The highest BCUT2D eigenvalue weighted by molar-refractivity contribution is 6.38. The van der Waals surface area contributed by atoms with Crippen molar-refractivity contribution >= 4 is 29.6 Å². The van der Waals surface area contributed by atoms with Crippen molar-refractivity contribution in [2.45, 2.75) is 123 Å². The summed E-state index contributed by atoms with van der Waals surface area (Å²) in [7, 11) is 0. The summed E-state index contributed by atoms with van der Waals surface area (Å²) in [5.41, 5.74) is 0. The maximum absolute atomic E-state index is 14.3. The molecule has 3 rings (SSSR count). The maximum atomic E-state index is 14.3. The van der Waals surface area contributed by atoms with Crippen LogP contribution in [0.3, 0.4) is 0 Å². The van der Waals surface area contributed by atoms with E-state index in [0.717, 1.165) is 51.4 Å². The number of amides is 4. The van der Waals surface area contributed by atoms with Gasteiger partial charge in [0.15, 0.2) is 0 Å². The summed E-state index contributed by atoms with van der Waals surface area (Å²) in [6.07, 6.45) is 9.66. The van der Waals surface area contributed by atoms with Crippen LogP contribution in [-0.4, -0.2) is 71.8 Å². The number of carbonyl (C=O) groups excluding carboxylic acids is 5. The van der Waals surface area contributed by atoms with Crippen molar-refractivity contribution < 1.29 is 28.7 Å². The molecule has 2 saturated carbocycles. The van der Waals surface area contributed by atoms with Gasteiger partial charge in [-0.2, -0.15) is 0 Å². The SMILES string of the molecule is C=CCNC(=O)C(=O)C(CCC)NC(=O)[C@@H]1C[C@@H](C(C)C)CN1C(=O)[C@@H](NC(=O)OC1CCCC1C)C1CCCCC1. The molecule has 3 N–H and O–H groups in total. The second-order valence-corrected chi connectivity index (χ2v) is 12.8. The van der Waals surface area contributed by atoms with E-state index in [0.29, 0.717) is 25.8 Å². The van der Waals surface area contributed by atoms with Crippen LogP contribution in [0, 0.1) is 23.7 Å². The summed E-state index contributed by atoms with van der Waals surface area (Å²) in [6, 6.07) is -2.57. The van der Waals surface area contributed by atoms with E-state index in [4.69, 9.17) is 4.74 Å². The quantitative estimate of drug-likeness (QED) is 0.221. The van der Waals surface area contributed by atoms with E-state index >= 15 is 0 Å². The van der Waals surface area contributed by atoms with E-state index in [1.165, 1.54) is 6.08 Å². The van der Waals surface area contributed by atoms with Crippen molar-refractivity contribution in [3.63, 3.8) is 0 Å². The number of nitrogens with zero attached hydrogens (tertiary/aromatic N) is 1. The molecule has 10 heteroatoms. The van der Waals surface area contributed by atoms with Crippen LogP contribution in [0.15, 0.2) is 12.7 Å². The normalized spacial score (nSPS) is 25.9. The molecular weight excluding hydrogens is 536 g/mol. The number of likely N-dealkylation sites (tertiary alicyclic amines) is 1. The highest BCUT2D eigenvalue weighted by Gasteiger charge is 2.45. The highest BCUT2D eigenvalue weighted by Crippen LogP contribution is 2.34. The molecule has 0 aromatic heterocycles. The standard InChI is InChI=1S/C32H52N4O6/c1-6-12-24(28(37)30(39)33-17-7-2)34-29(38)25-18-23(20(3)4)19-36(25)31(40)27(22-14-9-8-10-15-22)35-32(41)42-26-16-11-13-21(26)5/h7,20-27H,2,6,8-19H2,1,3-5H3,(H,33,39)(H,34,38)(H,35,41)/t21?,23-,24?,25+,26?,27+/m1/s1. The number of alkyl carbamates (subject to hydrolysis) is 1. The van der Waals surface area contributed by atoms with E-state index in [9.17, 15) is 24.0 Å². The Morgan fingerprint density at radius 2 is 1.69 bits per heavy atom. The van der Waals surface area contributed by atoms with Crippen LogP contribution in [0.5, 0.6) is 0 Å². The van der Waals surface area contributed by atoms with Crippen molar-refractivity contribution in [3.8, 4) is 0 Å².